The summed E-state index contributed by atoms with van der Waals surface area (Å²) in [4.78, 5) is 0. The maximum absolute atomic E-state index is 5.75. The van der Waals surface area contributed by atoms with Crippen molar-refractivity contribution in [1.82, 2.24) is 15.1 Å². The van der Waals surface area contributed by atoms with E-state index in [0.29, 0.717) is 12.0 Å². The van der Waals surface area contributed by atoms with Crippen LogP contribution in [0.5, 0.6) is 0 Å². The molecule has 0 aromatic carbocycles. The lowest BCUT2D eigenvalue weighted by Crippen LogP contribution is -2.46. The first kappa shape index (κ1) is 18.7. The highest BCUT2D eigenvalue weighted by molar-refractivity contribution is 9.10. The Labute approximate surface area is 137 Å². The lowest BCUT2D eigenvalue weighted by Gasteiger charge is -2.30. The summed E-state index contributed by atoms with van der Waals surface area (Å²) in [6.07, 6.45) is 3.18. The normalized spacial score (nSPS) is 14.7. The maximum Gasteiger partial charge on any atom is 0.0766 e. The van der Waals surface area contributed by atoms with Gasteiger partial charge in [0.2, 0.25) is 0 Å². The topological polar surface area (TPSA) is 39.1 Å². The molecule has 0 aliphatic rings. The van der Waals surface area contributed by atoms with Gasteiger partial charge in [0.05, 0.1) is 22.0 Å². The van der Waals surface area contributed by atoms with Gasteiger partial charge in [-0.05, 0) is 41.2 Å². The molecule has 0 aliphatic carbocycles. The molecule has 0 amide bonds. The number of nitrogens with one attached hydrogen (secondary N) is 1. The Balaban J connectivity index is 2.97. The van der Waals surface area contributed by atoms with Crippen molar-refractivity contribution in [1.29, 1.82) is 0 Å². The van der Waals surface area contributed by atoms with Crippen LogP contribution in [0.15, 0.2) is 4.47 Å². The van der Waals surface area contributed by atoms with Crippen LogP contribution in [0, 0.1) is 5.92 Å². The monoisotopic (exact) mass is 359 g/mol. The van der Waals surface area contributed by atoms with E-state index in [2.05, 4.69) is 54.0 Å². The first-order valence-electron chi connectivity index (χ1n) is 7.92. The van der Waals surface area contributed by atoms with E-state index in [1.54, 1.807) is 7.11 Å². The Hall–Kier alpha value is -0.390. The Morgan fingerprint density at radius 2 is 2.00 bits per heavy atom. The molecule has 0 radical (unpaired) electrons. The minimum Gasteiger partial charge on any atom is -0.380 e. The molecule has 1 rings (SSSR count). The van der Waals surface area contributed by atoms with Crippen molar-refractivity contribution in [2.75, 3.05) is 13.7 Å². The minimum absolute atomic E-state index is 0.198. The molecular formula is C16H30BrN3O. The molecule has 0 saturated heterocycles. The van der Waals surface area contributed by atoms with E-state index in [0.717, 1.165) is 36.0 Å². The van der Waals surface area contributed by atoms with Crippen molar-refractivity contribution in [3.63, 3.8) is 0 Å². The number of hydrogen-bond donors (Lipinski definition) is 1. The fourth-order valence-electron chi connectivity index (χ4n) is 2.79. The van der Waals surface area contributed by atoms with Crippen molar-refractivity contribution in [2.24, 2.45) is 13.0 Å². The van der Waals surface area contributed by atoms with Crippen LogP contribution in [0.2, 0.25) is 0 Å². The average Bonchev–Trinajstić information content (AvgIpc) is 2.71. The van der Waals surface area contributed by atoms with Crippen LogP contribution in [0.25, 0.3) is 0 Å². The molecule has 21 heavy (non-hydrogen) atoms. The van der Waals surface area contributed by atoms with E-state index in [4.69, 9.17) is 4.74 Å². The number of aromatic nitrogens is 2. The van der Waals surface area contributed by atoms with Gasteiger partial charge in [-0.3, -0.25) is 4.68 Å². The molecule has 2 unspecified atom stereocenters. The molecule has 1 N–H and O–H groups in total. The summed E-state index contributed by atoms with van der Waals surface area (Å²) in [7, 11) is 3.83. The van der Waals surface area contributed by atoms with Crippen LogP contribution >= 0.6 is 15.9 Å². The van der Waals surface area contributed by atoms with Crippen LogP contribution in [-0.4, -0.2) is 35.6 Å². The highest BCUT2D eigenvalue weighted by Crippen LogP contribution is 2.24. The first-order chi connectivity index (χ1) is 9.96. The molecule has 0 spiro atoms. The van der Waals surface area contributed by atoms with Gasteiger partial charge in [-0.1, -0.05) is 27.7 Å². The second-order valence-electron chi connectivity index (χ2n) is 5.89. The minimum atomic E-state index is 0.198. The van der Waals surface area contributed by atoms with Crippen molar-refractivity contribution in [3.8, 4) is 0 Å². The predicted molar refractivity (Wildman–Crippen MR) is 91.7 cm³/mol. The molecule has 122 valence electrons. The molecule has 5 heteroatoms. The fourth-order valence-corrected chi connectivity index (χ4v) is 3.56. The second kappa shape index (κ2) is 8.91. The highest BCUT2D eigenvalue weighted by atomic mass is 79.9. The van der Waals surface area contributed by atoms with E-state index in [9.17, 15) is 0 Å². The Morgan fingerprint density at radius 1 is 1.33 bits per heavy atom. The molecule has 2 atom stereocenters. The lowest BCUT2D eigenvalue weighted by atomic mass is 9.95. The van der Waals surface area contributed by atoms with Crippen LogP contribution in [0.3, 0.4) is 0 Å². The van der Waals surface area contributed by atoms with Crippen LogP contribution < -0.4 is 5.32 Å². The molecule has 0 aliphatic heterocycles. The Morgan fingerprint density at radius 3 is 2.43 bits per heavy atom. The average molecular weight is 360 g/mol. The van der Waals surface area contributed by atoms with Gasteiger partial charge in [0.15, 0.2) is 0 Å². The molecule has 1 aromatic heterocycles. The molecular weight excluding hydrogens is 330 g/mol. The standard InChI is InChI=1S/C16H30BrN3O/c1-7-9-18-13(16(21-6)11(3)4)10-14-15(17)12(8-2)19-20(14)5/h11,13,16,18H,7-10H2,1-6H3. The van der Waals surface area contributed by atoms with Gasteiger partial charge < -0.3 is 10.1 Å². The predicted octanol–water partition coefficient (Wildman–Crippen LogP) is 3.33. The third-order valence-corrected chi connectivity index (χ3v) is 4.81. The number of methoxy groups -OCH3 is 1. The quantitative estimate of drug-likeness (QED) is 0.734. The Kier molecular flexibility index (Phi) is 7.92. The van der Waals surface area contributed by atoms with Gasteiger partial charge in [0, 0.05) is 26.6 Å². The number of hydrogen-bond acceptors (Lipinski definition) is 3. The number of rotatable bonds is 9. The lowest BCUT2D eigenvalue weighted by molar-refractivity contribution is 0.0327. The number of ether oxygens (including phenoxy) is 1. The van der Waals surface area contributed by atoms with Crippen molar-refractivity contribution >= 4 is 15.9 Å². The van der Waals surface area contributed by atoms with Gasteiger partial charge >= 0.3 is 0 Å². The van der Waals surface area contributed by atoms with Crippen molar-refractivity contribution in [3.05, 3.63) is 15.9 Å². The summed E-state index contributed by atoms with van der Waals surface area (Å²) in [5, 5.41) is 8.24. The van der Waals surface area contributed by atoms with Gasteiger partial charge in [-0.25, -0.2) is 0 Å². The summed E-state index contributed by atoms with van der Waals surface area (Å²) >= 11 is 3.72. The van der Waals surface area contributed by atoms with E-state index < -0.39 is 0 Å². The largest absolute Gasteiger partial charge is 0.380 e. The smallest absolute Gasteiger partial charge is 0.0766 e. The van der Waals surface area contributed by atoms with Gasteiger partial charge in [-0.15, -0.1) is 0 Å². The molecule has 4 nitrogen and oxygen atoms in total. The summed E-state index contributed by atoms with van der Waals surface area (Å²) in [5.74, 6) is 0.474. The zero-order valence-corrected chi connectivity index (χ0v) is 15.8. The second-order valence-corrected chi connectivity index (χ2v) is 6.69. The molecule has 0 fully saturated rings. The third kappa shape index (κ3) is 4.80. The zero-order valence-electron chi connectivity index (χ0n) is 14.2. The van der Waals surface area contributed by atoms with E-state index in [1.807, 2.05) is 11.7 Å². The van der Waals surface area contributed by atoms with E-state index in [-0.39, 0.29) is 6.10 Å². The zero-order chi connectivity index (χ0) is 16.0. The third-order valence-electron chi connectivity index (χ3n) is 3.90. The van der Waals surface area contributed by atoms with E-state index in [1.165, 1.54) is 5.69 Å². The van der Waals surface area contributed by atoms with Gasteiger partial charge in [0.25, 0.3) is 0 Å². The number of halogens is 1. The van der Waals surface area contributed by atoms with Crippen molar-refractivity contribution in [2.45, 2.75) is 59.1 Å². The summed E-state index contributed by atoms with van der Waals surface area (Å²) in [6.45, 7) is 9.76. The first-order valence-corrected chi connectivity index (χ1v) is 8.71. The highest BCUT2D eigenvalue weighted by Gasteiger charge is 2.26. The number of aryl methyl sites for hydroxylation is 2. The van der Waals surface area contributed by atoms with Gasteiger partial charge in [-0.2, -0.15) is 5.10 Å². The van der Waals surface area contributed by atoms with Crippen molar-refractivity contribution < 1.29 is 4.74 Å². The van der Waals surface area contributed by atoms with Crippen LogP contribution in [0.4, 0.5) is 0 Å². The van der Waals surface area contributed by atoms with Gasteiger partial charge in [0.1, 0.15) is 0 Å². The SMILES string of the molecule is CCCNC(Cc1c(Br)c(CC)nn1C)C(OC)C(C)C. The summed E-state index contributed by atoms with van der Waals surface area (Å²) in [5.41, 5.74) is 2.36. The molecule has 1 aromatic rings. The fraction of sp³-hybridized carbons (Fsp3) is 0.812. The summed E-state index contributed by atoms with van der Waals surface area (Å²) in [6, 6.07) is 0.298. The number of nitrogens with zero attached hydrogens (tertiary/aromatic N) is 2. The summed E-state index contributed by atoms with van der Waals surface area (Å²) < 4.78 is 8.89. The molecule has 0 saturated carbocycles. The molecule has 0 bridgehead atoms. The Bertz CT molecular complexity index is 431. The van der Waals surface area contributed by atoms with E-state index >= 15 is 0 Å². The van der Waals surface area contributed by atoms with Crippen LogP contribution in [0.1, 0.15) is 45.5 Å². The maximum atomic E-state index is 5.75. The molecule has 1 heterocycles. The van der Waals surface area contributed by atoms with Crippen LogP contribution in [-0.2, 0) is 24.6 Å².